The molecule has 0 aliphatic rings. The first-order chi connectivity index (χ1) is 8.60. The van der Waals surface area contributed by atoms with Crippen LogP contribution in [-0.2, 0) is 5.33 Å². The zero-order valence-corrected chi connectivity index (χ0v) is 10.7. The van der Waals surface area contributed by atoms with Gasteiger partial charge in [0.25, 0.3) is 0 Å². The highest BCUT2D eigenvalue weighted by molar-refractivity contribution is 9.08. The van der Waals surface area contributed by atoms with Crippen LogP contribution in [0.4, 0.5) is 13.2 Å². The minimum Gasteiger partial charge on any atom is -0.454 e. The molecule has 0 aromatic heterocycles. The van der Waals surface area contributed by atoms with Gasteiger partial charge in [0.05, 0.1) is 0 Å². The van der Waals surface area contributed by atoms with Crippen molar-refractivity contribution in [2.45, 2.75) is 5.33 Å². The Hall–Kier alpha value is -1.49. The third-order valence-electron chi connectivity index (χ3n) is 2.28. The van der Waals surface area contributed by atoms with Crippen LogP contribution in [0.3, 0.4) is 0 Å². The molecule has 94 valence electrons. The molecule has 2 aromatic rings. The zero-order chi connectivity index (χ0) is 13.1. The first kappa shape index (κ1) is 13.0. The molecule has 0 spiro atoms. The van der Waals surface area contributed by atoms with E-state index in [9.17, 15) is 13.2 Å². The van der Waals surface area contributed by atoms with E-state index in [1.807, 2.05) is 0 Å². The molecule has 2 rings (SSSR count). The van der Waals surface area contributed by atoms with Gasteiger partial charge in [-0.15, -0.1) is 0 Å². The van der Waals surface area contributed by atoms with Crippen LogP contribution in [-0.4, -0.2) is 0 Å². The second-order valence-corrected chi connectivity index (χ2v) is 4.12. The molecule has 0 aliphatic carbocycles. The molecule has 5 heteroatoms. The lowest BCUT2D eigenvalue weighted by molar-refractivity contribution is 0.432. The number of halogens is 4. The van der Waals surface area contributed by atoms with Gasteiger partial charge in [-0.2, -0.15) is 0 Å². The van der Waals surface area contributed by atoms with Gasteiger partial charge >= 0.3 is 0 Å². The molecule has 0 saturated carbocycles. The molecule has 1 nitrogen and oxygen atoms in total. The minimum absolute atomic E-state index is 0.233. The van der Waals surface area contributed by atoms with Gasteiger partial charge in [0.1, 0.15) is 17.4 Å². The second-order valence-electron chi connectivity index (χ2n) is 3.56. The van der Waals surface area contributed by atoms with E-state index < -0.39 is 17.5 Å². The fourth-order valence-corrected chi connectivity index (χ4v) is 1.86. The molecule has 2 aromatic carbocycles. The summed E-state index contributed by atoms with van der Waals surface area (Å²) in [6, 6.07) is 6.74. The Morgan fingerprint density at radius 2 is 1.56 bits per heavy atom. The molecular weight excluding hydrogens is 309 g/mol. The van der Waals surface area contributed by atoms with Gasteiger partial charge in [0.15, 0.2) is 11.6 Å². The SMILES string of the molecule is Fc1ccc(Oc2cc(F)ccc2F)c(CBr)c1. The van der Waals surface area contributed by atoms with Crippen LogP contribution in [0.5, 0.6) is 11.5 Å². The molecule has 0 heterocycles. The summed E-state index contributed by atoms with van der Waals surface area (Å²) >= 11 is 3.17. The quantitative estimate of drug-likeness (QED) is 0.740. The van der Waals surface area contributed by atoms with Gasteiger partial charge in [0, 0.05) is 17.0 Å². The van der Waals surface area contributed by atoms with Crippen LogP contribution in [0.25, 0.3) is 0 Å². The van der Waals surface area contributed by atoms with Crippen molar-refractivity contribution in [1.29, 1.82) is 0 Å². The first-order valence-electron chi connectivity index (χ1n) is 5.07. The number of hydrogen-bond donors (Lipinski definition) is 0. The lowest BCUT2D eigenvalue weighted by Crippen LogP contribution is -1.93. The van der Waals surface area contributed by atoms with Crippen molar-refractivity contribution < 1.29 is 17.9 Å². The Morgan fingerprint density at radius 3 is 2.28 bits per heavy atom. The average Bonchev–Trinajstić information content (AvgIpc) is 2.36. The zero-order valence-electron chi connectivity index (χ0n) is 9.09. The molecule has 0 bridgehead atoms. The third kappa shape index (κ3) is 2.85. The summed E-state index contributed by atoms with van der Waals surface area (Å²) in [4.78, 5) is 0. The topological polar surface area (TPSA) is 9.23 Å². The number of ether oxygens (including phenoxy) is 1. The Morgan fingerprint density at radius 1 is 0.889 bits per heavy atom. The fraction of sp³-hybridized carbons (Fsp3) is 0.0769. The van der Waals surface area contributed by atoms with Crippen LogP contribution in [0.15, 0.2) is 36.4 Å². The summed E-state index contributed by atoms with van der Waals surface area (Å²) < 4.78 is 44.6. The van der Waals surface area contributed by atoms with Crippen LogP contribution < -0.4 is 4.74 Å². The van der Waals surface area contributed by atoms with Crippen molar-refractivity contribution >= 4 is 15.9 Å². The molecule has 18 heavy (non-hydrogen) atoms. The van der Waals surface area contributed by atoms with E-state index in [1.165, 1.54) is 18.2 Å². The van der Waals surface area contributed by atoms with Crippen molar-refractivity contribution in [3.05, 3.63) is 59.4 Å². The Kier molecular flexibility index (Phi) is 3.91. The van der Waals surface area contributed by atoms with Crippen molar-refractivity contribution in [1.82, 2.24) is 0 Å². The van der Waals surface area contributed by atoms with E-state index in [-0.39, 0.29) is 11.5 Å². The lowest BCUT2D eigenvalue weighted by Gasteiger charge is -2.10. The first-order valence-corrected chi connectivity index (χ1v) is 6.19. The van der Waals surface area contributed by atoms with Crippen LogP contribution in [0.1, 0.15) is 5.56 Å². The average molecular weight is 317 g/mol. The maximum atomic E-state index is 13.4. The third-order valence-corrected chi connectivity index (χ3v) is 2.88. The van der Waals surface area contributed by atoms with Crippen LogP contribution in [0, 0.1) is 17.5 Å². The molecule has 0 saturated heterocycles. The van der Waals surface area contributed by atoms with Crippen molar-refractivity contribution in [2.24, 2.45) is 0 Å². The summed E-state index contributed by atoms with van der Waals surface area (Å²) in [6.07, 6.45) is 0. The Bertz CT molecular complexity index is 572. The number of hydrogen-bond acceptors (Lipinski definition) is 1. The molecule has 0 fully saturated rings. The predicted octanol–water partition coefficient (Wildman–Crippen LogP) is 4.79. The van der Waals surface area contributed by atoms with Gasteiger partial charge in [-0.25, -0.2) is 13.2 Å². The van der Waals surface area contributed by atoms with Gasteiger partial charge in [-0.3, -0.25) is 0 Å². The summed E-state index contributed by atoms with van der Waals surface area (Å²) in [6.45, 7) is 0. The molecular formula is C13H8BrF3O. The highest BCUT2D eigenvalue weighted by Gasteiger charge is 2.10. The fourth-order valence-electron chi connectivity index (χ4n) is 1.43. The molecule has 0 aliphatic heterocycles. The maximum absolute atomic E-state index is 13.4. The summed E-state index contributed by atoms with van der Waals surface area (Å²) in [5.74, 6) is -1.66. The van der Waals surface area contributed by atoms with Gasteiger partial charge in [0.2, 0.25) is 0 Å². The molecule has 0 unspecified atom stereocenters. The van der Waals surface area contributed by atoms with E-state index in [1.54, 1.807) is 0 Å². The lowest BCUT2D eigenvalue weighted by atomic mass is 10.2. The van der Waals surface area contributed by atoms with Crippen LogP contribution in [0.2, 0.25) is 0 Å². The molecule has 0 radical (unpaired) electrons. The van der Waals surface area contributed by atoms with Crippen molar-refractivity contribution in [3.63, 3.8) is 0 Å². The molecule has 0 amide bonds. The largest absolute Gasteiger partial charge is 0.454 e. The molecule has 0 atom stereocenters. The van der Waals surface area contributed by atoms with Crippen molar-refractivity contribution in [2.75, 3.05) is 0 Å². The smallest absolute Gasteiger partial charge is 0.165 e. The van der Waals surface area contributed by atoms with E-state index in [0.717, 1.165) is 18.2 Å². The van der Waals surface area contributed by atoms with Gasteiger partial charge in [-0.05, 0) is 30.3 Å². The number of alkyl halides is 1. The van der Waals surface area contributed by atoms with E-state index in [0.29, 0.717) is 10.9 Å². The van der Waals surface area contributed by atoms with Gasteiger partial charge in [-0.1, -0.05) is 15.9 Å². The van der Waals surface area contributed by atoms with Gasteiger partial charge < -0.3 is 4.74 Å². The van der Waals surface area contributed by atoms with E-state index in [2.05, 4.69) is 15.9 Å². The summed E-state index contributed by atoms with van der Waals surface area (Å²) in [7, 11) is 0. The minimum atomic E-state index is -0.679. The predicted molar refractivity (Wildman–Crippen MR) is 65.5 cm³/mol. The Balaban J connectivity index is 2.36. The highest BCUT2D eigenvalue weighted by Crippen LogP contribution is 2.29. The second kappa shape index (κ2) is 5.44. The standard InChI is InChI=1S/C13H8BrF3O/c14-7-8-5-9(15)2-4-12(8)18-13-6-10(16)1-3-11(13)17/h1-6H,7H2. The maximum Gasteiger partial charge on any atom is 0.165 e. The van der Waals surface area contributed by atoms with E-state index in [4.69, 9.17) is 4.74 Å². The highest BCUT2D eigenvalue weighted by atomic mass is 79.9. The summed E-state index contributed by atoms with van der Waals surface area (Å²) in [5.41, 5.74) is 0.513. The molecule has 0 N–H and O–H groups in total. The Labute approximate surface area is 110 Å². The number of rotatable bonds is 3. The monoisotopic (exact) mass is 316 g/mol. The van der Waals surface area contributed by atoms with Crippen molar-refractivity contribution in [3.8, 4) is 11.5 Å². The normalized spacial score (nSPS) is 10.4. The number of benzene rings is 2. The van der Waals surface area contributed by atoms with Crippen LogP contribution >= 0.6 is 15.9 Å². The van der Waals surface area contributed by atoms with E-state index >= 15 is 0 Å². The summed E-state index contributed by atoms with van der Waals surface area (Å²) in [5, 5.41) is 0.344.